The van der Waals surface area contributed by atoms with Crippen LogP contribution in [0, 0.1) is 5.92 Å². The molecule has 0 saturated heterocycles. The standard InChI is InChI=1S/2C8H12O3/c2*1-11-5-8(10)6-3-2-4-7(6)9/h10H,2-5H2,1H3;6H,2-5H2,1H3/p-1. The predicted molar refractivity (Wildman–Crippen MR) is 77.0 cm³/mol. The van der Waals surface area contributed by atoms with Gasteiger partial charge in [0.05, 0.1) is 12.5 Å². The van der Waals surface area contributed by atoms with Gasteiger partial charge in [-0.05, 0) is 31.3 Å². The number of hydrogen-bond donors (Lipinski definition) is 0. The molecule has 0 amide bonds. The van der Waals surface area contributed by atoms with E-state index in [0.717, 1.165) is 19.3 Å². The SMILES string of the molecule is COCC(=O)C1CCCC1=O.COCC([O-])=C1CCCC1=O. The van der Waals surface area contributed by atoms with E-state index in [2.05, 4.69) is 9.47 Å². The molecule has 1 unspecified atom stereocenters. The molecule has 2 rings (SSSR count). The highest BCUT2D eigenvalue weighted by Crippen LogP contribution is 2.22. The van der Waals surface area contributed by atoms with Gasteiger partial charge >= 0.3 is 0 Å². The Morgan fingerprint density at radius 1 is 1.09 bits per heavy atom. The minimum Gasteiger partial charge on any atom is -0.874 e. The molecule has 0 aromatic rings. The van der Waals surface area contributed by atoms with Gasteiger partial charge in [-0.25, -0.2) is 0 Å². The third kappa shape index (κ3) is 5.35. The maximum atomic E-state index is 11.1. The van der Waals surface area contributed by atoms with Crippen molar-refractivity contribution in [1.29, 1.82) is 0 Å². The first kappa shape index (κ1) is 18.5. The number of allylic oxidation sites excluding steroid dienone is 1. The molecule has 22 heavy (non-hydrogen) atoms. The van der Waals surface area contributed by atoms with Crippen molar-refractivity contribution < 1.29 is 29.0 Å². The lowest BCUT2D eigenvalue weighted by molar-refractivity contribution is -0.312. The van der Waals surface area contributed by atoms with Crippen molar-refractivity contribution >= 4 is 17.3 Å². The van der Waals surface area contributed by atoms with Crippen LogP contribution in [0.1, 0.15) is 38.5 Å². The van der Waals surface area contributed by atoms with Crippen molar-refractivity contribution in [3.05, 3.63) is 11.3 Å². The Bertz CT molecular complexity index is 452. The van der Waals surface area contributed by atoms with Gasteiger partial charge in [-0.15, -0.1) is 0 Å². The van der Waals surface area contributed by atoms with Crippen LogP contribution in [0.15, 0.2) is 11.3 Å². The topological polar surface area (TPSA) is 92.7 Å². The minimum absolute atomic E-state index is 0.00653. The van der Waals surface area contributed by atoms with Crippen molar-refractivity contribution in [3.63, 3.8) is 0 Å². The lowest BCUT2D eigenvalue weighted by Crippen LogP contribution is -2.22. The largest absolute Gasteiger partial charge is 0.874 e. The average Bonchev–Trinajstić information content (AvgIpc) is 3.08. The van der Waals surface area contributed by atoms with Crippen LogP contribution in [0.2, 0.25) is 0 Å². The molecule has 0 aromatic heterocycles. The van der Waals surface area contributed by atoms with Crippen LogP contribution >= 0.6 is 0 Å². The molecule has 0 spiro atoms. The Labute approximate surface area is 130 Å². The summed E-state index contributed by atoms with van der Waals surface area (Å²) in [6.45, 7) is 0.122. The molecule has 6 heteroatoms. The van der Waals surface area contributed by atoms with Crippen molar-refractivity contribution in [3.8, 4) is 0 Å². The van der Waals surface area contributed by atoms with E-state index < -0.39 is 0 Å². The molecule has 0 aliphatic heterocycles. The number of ether oxygens (including phenoxy) is 2. The van der Waals surface area contributed by atoms with Gasteiger partial charge in [0, 0.05) is 27.1 Å². The normalized spacial score (nSPS) is 23.3. The van der Waals surface area contributed by atoms with Crippen LogP contribution in [-0.4, -0.2) is 44.8 Å². The molecule has 2 aliphatic rings. The van der Waals surface area contributed by atoms with Crippen molar-refractivity contribution in [2.45, 2.75) is 38.5 Å². The summed E-state index contributed by atoms with van der Waals surface area (Å²) in [6, 6.07) is 0. The molecule has 2 fully saturated rings. The number of Topliss-reactive ketones (excluding diaryl/α,β-unsaturated/α-hetero) is 3. The number of rotatable bonds is 5. The zero-order valence-corrected chi connectivity index (χ0v) is 13.2. The molecule has 0 bridgehead atoms. The van der Waals surface area contributed by atoms with Crippen molar-refractivity contribution in [2.24, 2.45) is 5.92 Å². The van der Waals surface area contributed by atoms with E-state index in [0.29, 0.717) is 24.8 Å². The second kappa shape index (κ2) is 9.48. The second-order valence-electron chi connectivity index (χ2n) is 5.42. The maximum absolute atomic E-state index is 11.1. The molecular formula is C16H23O6-. The van der Waals surface area contributed by atoms with E-state index >= 15 is 0 Å². The monoisotopic (exact) mass is 311 g/mol. The maximum Gasteiger partial charge on any atom is 0.168 e. The van der Waals surface area contributed by atoms with Gasteiger partial charge in [0.2, 0.25) is 0 Å². The van der Waals surface area contributed by atoms with Crippen molar-refractivity contribution in [1.82, 2.24) is 0 Å². The highest BCUT2D eigenvalue weighted by molar-refractivity contribution is 6.04. The van der Waals surface area contributed by atoms with Gasteiger partial charge in [-0.3, -0.25) is 14.4 Å². The van der Waals surface area contributed by atoms with Gasteiger partial charge in [0.1, 0.15) is 12.4 Å². The Morgan fingerprint density at radius 3 is 2.23 bits per heavy atom. The average molecular weight is 311 g/mol. The van der Waals surface area contributed by atoms with Gasteiger partial charge in [0.25, 0.3) is 0 Å². The Morgan fingerprint density at radius 2 is 1.77 bits per heavy atom. The summed E-state index contributed by atoms with van der Waals surface area (Å²) in [6.07, 6.45) is 4.15. The first-order chi connectivity index (χ1) is 10.5. The minimum atomic E-state index is -0.352. The highest BCUT2D eigenvalue weighted by Gasteiger charge is 2.30. The summed E-state index contributed by atoms with van der Waals surface area (Å²) in [7, 11) is 2.93. The fourth-order valence-electron chi connectivity index (χ4n) is 2.63. The number of ketones is 3. The highest BCUT2D eigenvalue weighted by atomic mass is 16.5. The fourth-order valence-corrected chi connectivity index (χ4v) is 2.63. The molecular weight excluding hydrogens is 288 g/mol. The summed E-state index contributed by atoms with van der Waals surface area (Å²) in [5.74, 6) is -0.459. The summed E-state index contributed by atoms with van der Waals surface area (Å²) in [5, 5.41) is 11.1. The van der Waals surface area contributed by atoms with E-state index in [1.165, 1.54) is 14.2 Å². The molecule has 0 heterocycles. The third-order valence-electron chi connectivity index (χ3n) is 3.76. The smallest absolute Gasteiger partial charge is 0.168 e. The Hall–Kier alpha value is -1.53. The molecule has 0 aromatic carbocycles. The van der Waals surface area contributed by atoms with E-state index in [4.69, 9.17) is 0 Å². The molecule has 124 valence electrons. The van der Waals surface area contributed by atoms with Crippen molar-refractivity contribution in [2.75, 3.05) is 27.4 Å². The quantitative estimate of drug-likeness (QED) is 0.419. The van der Waals surface area contributed by atoms with Gasteiger partial charge in [-0.1, -0.05) is 5.76 Å². The molecule has 0 radical (unpaired) electrons. The number of carbonyl (C=O) groups is 3. The van der Waals surface area contributed by atoms with Crippen LogP contribution in [0.4, 0.5) is 0 Å². The van der Waals surface area contributed by atoms with E-state index in [-0.39, 0.29) is 42.2 Å². The summed E-state index contributed by atoms with van der Waals surface area (Å²) in [4.78, 5) is 33.1. The fraction of sp³-hybridized carbons (Fsp3) is 0.688. The second-order valence-corrected chi connectivity index (χ2v) is 5.42. The molecule has 0 N–H and O–H groups in total. The molecule has 6 nitrogen and oxygen atoms in total. The lowest BCUT2D eigenvalue weighted by atomic mass is 10.0. The zero-order chi connectivity index (χ0) is 16.5. The van der Waals surface area contributed by atoms with Crippen LogP contribution in [-0.2, 0) is 23.9 Å². The number of carbonyl (C=O) groups excluding carboxylic acids is 3. The van der Waals surface area contributed by atoms with Gasteiger partial charge in [-0.2, -0.15) is 0 Å². The molecule has 2 saturated carbocycles. The lowest BCUT2D eigenvalue weighted by Gasteiger charge is -2.13. The van der Waals surface area contributed by atoms with E-state index in [1.807, 2.05) is 0 Å². The van der Waals surface area contributed by atoms with Crippen LogP contribution < -0.4 is 5.11 Å². The summed E-state index contributed by atoms with van der Waals surface area (Å²) in [5.41, 5.74) is 0.451. The zero-order valence-electron chi connectivity index (χ0n) is 13.2. The first-order valence-electron chi connectivity index (χ1n) is 7.46. The van der Waals surface area contributed by atoms with Gasteiger partial charge in [0.15, 0.2) is 11.6 Å². The number of methoxy groups -OCH3 is 2. The summed E-state index contributed by atoms with van der Waals surface area (Å²) < 4.78 is 9.30. The van der Waals surface area contributed by atoms with Crippen LogP contribution in [0.3, 0.4) is 0 Å². The van der Waals surface area contributed by atoms with E-state index in [1.54, 1.807) is 0 Å². The van der Waals surface area contributed by atoms with Crippen LogP contribution in [0.5, 0.6) is 0 Å². The number of hydrogen-bond acceptors (Lipinski definition) is 6. The Kier molecular flexibility index (Phi) is 7.98. The molecule has 2 aliphatic carbocycles. The van der Waals surface area contributed by atoms with Gasteiger partial charge < -0.3 is 14.6 Å². The van der Waals surface area contributed by atoms with Crippen LogP contribution in [0.25, 0.3) is 0 Å². The first-order valence-corrected chi connectivity index (χ1v) is 7.46. The molecule has 1 atom stereocenters. The Balaban J connectivity index is 0.000000220. The predicted octanol–water partition coefficient (Wildman–Crippen LogP) is 0.571. The summed E-state index contributed by atoms with van der Waals surface area (Å²) >= 11 is 0. The van der Waals surface area contributed by atoms with E-state index in [9.17, 15) is 19.5 Å². The third-order valence-corrected chi connectivity index (χ3v) is 3.76.